The number of ether oxygens (including phenoxy) is 2. The van der Waals surface area contributed by atoms with Gasteiger partial charge in [-0.3, -0.25) is 18.9 Å². The lowest BCUT2D eigenvalue weighted by molar-refractivity contribution is -0.149. The fourth-order valence-corrected chi connectivity index (χ4v) is 4.88. The molecule has 0 radical (unpaired) electrons. The summed E-state index contributed by atoms with van der Waals surface area (Å²) in [5.74, 6) is -0.474. The van der Waals surface area contributed by atoms with Crippen molar-refractivity contribution in [2.75, 3.05) is 6.61 Å². The van der Waals surface area contributed by atoms with Crippen molar-refractivity contribution in [1.82, 2.24) is 14.6 Å². The van der Waals surface area contributed by atoms with Gasteiger partial charge in [0, 0.05) is 6.20 Å². The van der Waals surface area contributed by atoms with Crippen LogP contribution in [-0.4, -0.2) is 62.8 Å². The van der Waals surface area contributed by atoms with E-state index >= 15 is 0 Å². The standard InChI is InChI=1S/C21H28N3O9PS/c1-12(2)31-20(27)13(3)23-34(29,33-14-7-5-4-6-8-14)30-11-15-17(25)18(26)19(32-15)24-10-9-16(35)22-21(24)28/h4-10,12-13,15,17-19,25-26H,11H2,1-3H3,(H,23,29)(H,22,28,35)/t13-,15+,17-,18?,19+,34?/m0/s1. The molecule has 1 aromatic heterocycles. The summed E-state index contributed by atoms with van der Waals surface area (Å²) in [4.78, 5) is 26.8. The van der Waals surface area contributed by atoms with Gasteiger partial charge >= 0.3 is 19.4 Å². The normalized spacial score (nSPS) is 24.6. The van der Waals surface area contributed by atoms with Gasteiger partial charge in [0.1, 0.15) is 34.7 Å². The number of carbonyl (C=O) groups is 1. The molecular formula is C21H28N3O9PS. The van der Waals surface area contributed by atoms with Crippen LogP contribution in [0.1, 0.15) is 27.0 Å². The molecule has 0 aliphatic carbocycles. The van der Waals surface area contributed by atoms with Crippen LogP contribution < -0.4 is 15.3 Å². The van der Waals surface area contributed by atoms with Crippen LogP contribution >= 0.6 is 20.0 Å². The molecule has 0 saturated carbocycles. The summed E-state index contributed by atoms with van der Waals surface area (Å²) in [7, 11) is -4.21. The summed E-state index contributed by atoms with van der Waals surface area (Å²) in [5.41, 5.74) is -0.646. The van der Waals surface area contributed by atoms with Crippen molar-refractivity contribution in [3.63, 3.8) is 0 Å². The SMILES string of the molecule is CC(C)OC(=O)[C@H](C)NP(=O)(OC[C@H]1O[C@@H](n2ccc(=S)[nH]c2=O)C(O)[C@H]1O)Oc1ccccc1. The fourth-order valence-electron chi connectivity index (χ4n) is 3.23. The van der Waals surface area contributed by atoms with E-state index in [1.165, 1.54) is 19.2 Å². The maximum atomic E-state index is 13.5. The number of aliphatic hydroxyl groups excluding tert-OH is 2. The molecule has 2 aromatic rings. The highest BCUT2D eigenvalue weighted by atomic mass is 32.1. The molecule has 35 heavy (non-hydrogen) atoms. The second-order valence-corrected chi connectivity index (χ2v) is 10.2. The van der Waals surface area contributed by atoms with Gasteiger partial charge in [-0.2, -0.15) is 5.09 Å². The molecular weight excluding hydrogens is 501 g/mol. The summed E-state index contributed by atoms with van der Waals surface area (Å²) < 4.78 is 36.6. The molecule has 1 fully saturated rings. The first-order valence-corrected chi connectivity index (χ1v) is 12.7. The van der Waals surface area contributed by atoms with Gasteiger partial charge in [-0.1, -0.05) is 30.4 Å². The van der Waals surface area contributed by atoms with Crippen LogP contribution in [0.4, 0.5) is 0 Å². The summed E-state index contributed by atoms with van der Waals surface area (Å²) in [5, 5.41) is 23.4. The number of aromatic nitrogens is 2. The highest BCUT2D eigenvalue weighted by Crippen LogP contribution is 2.46. The van der Waals surface area contributed by atoms with Crippen LogP contribution in [0.3, 0.4) is 0 Å². The second-order valence-electron chi connectivity index (χ2n) is 8.10. The van der Waals surface area contributed by atoms with Gasteiger partial charge in [0.15, 0.2) is 6.23 Å². The number of nitrogens with one attached hydrogen (secondary N) is 2. The predicted molar refractivity (Wildman–Crippen MR) is 126 cm³/mol. The number of benzene rings is 1. The van der Waals surface area contributed by atoms with E-state index in [1.54, 1.807) is 44.2 Å². The Hall–Kier alpha value is -2.38. The number of aromatic amines is 1. The molecule has 3 rings (SSSR count). The number of aliphatic hydroxyl groups is 2. The summed E-state index contributed by atoms with van der Waals surface area (Å²) in [6.07, 6.45) is -4.48. The van der Waals surface area contributed by atoms with E-state index in [4.69, 9.17) is 30.7 Å². The highest BCUT2D eigenvalue weighted by Gasteiger charge is 2.45. The monoisotopic (exact) mass is 529 g/mol. The molecule has 1 aliphatic rings. The van der Waals surface area contributed by atoms with Crippen LogP contribution in [0.25, 0.3) is 0 Å². The lowest BCUT2D eigenvalue weighted by atomic mass is 10.1. The molecule has 12 nitrogen and oxygen atoms in total. The molecule has 0 amide bonds. The van der Waals surface area contributed by atoms with E-state index < -0.39 is 62.7 Å². The maximum Gasteiger partial charge on any atom is 0.459 e. The molecule has 4 N–H and O–H groups in total. The Balaban J connectivity index is 1.75. The third-order valence-corrected chi connectivity index (χ3v) is 6.78. The number of rotatable bonds is 10. The largest absolute Gasteiger partial charge is 0.462 e. The average Bonchev–Trinajstić information content (AvgIpc) is 3.06. The van der Waals surface area contributed by atoms with Crippen LogP contribution in [0.15, 0.2) is 47.4 Å². The quantitative estimate of drug-likeness (QED) is 0.201. The molecule has 1 aliphatic heterocycles. The van der Waals surface area contributed by atoms with Crippen LogP contribution in [0, 0.1) is 4.64 Å². The zero-order valence-corrected chi connectivity index (χ0v) is 21.0. The van der Waals surface area contributed by atoms with E-state index in [-0.39, 0.29) is 10.4 Å². The average molecular weight is 530 g/mol. The third-order valence-electron chi connectivity index (χ3n) is 4.90. The number of hydrogen-bond donors (Lipinski definition) is 4. The Bertz CT molecular complexity index is 1170. The minimum Gasteiger partial charge on any atom is -0.462 e. The van der Waals surface area contributed by atoms with Crippen molar-refractivity contribution in [2.24, 2.45) is 0 Å². The Morgan fingerprint density at radius 2 is 1.91 bits per heavy atom. The van der Waals surface area contributed by atoms with E-state index in [9.17, 15) is 24.4 Å². The Labute approximate surface area is 206 Å². The molecule has 2 heterocycles. The number of hydrogen-bond acceptors (Lipinski definition) is 10. The zero-order chi connectivity index (χ0) is 25.8. The van der Waals surface area contributed by atoms with E-state index in [0.717, 1.165) is 4.57 Å². The number of carbonyl (C=O) groups excluding carboxylic acids is 1. The maximum absolute atomic E-state index is 13.5. The van der Waals surface area contributed by atoms with Crippen molar-refractivity contribution < 1.29 is 38.1 Å². The first kappa shape index (κ1) is 27.2. The Morgan fingerprint density at radius 1 is 1.23 bits per heavy atom. The molecule has 6 atom stereocenters. The fraction of sp³-hybridized carbons (Fsp3) is 0.476. The number of nitrogens with zero attached hydrogens (tertiary/aromatic N) is 1. The van der Waals surface area contributed by atoms with Crippen LogP contribution in [0.2, 0.25) is 0 Å². The second kappa shape index (κ2) is 11.6. The number of esters is 1. The summed E-state index contributed by atoms with van der Waals surface area (Å²) >= 11 is 4.89. The van der Waals surface area contributed by atoms with Gasteiger partial charge in [0.05, 0.1) is 12.7 Å². The first-order valence-electron chi connectivity index (χ1n) is 10.8. The van der Waals surface area contributed by atoms with Gasteiger partial charge < -0.3 is 24.2 Å². The predicted octanol–water partition coefficient (Wildman–Crippen LogP) is 1.66. The van der Waals surface area contributed by atoms with Crippen molar-refractivity contribution >= 4 is 25.9 Å². The van der Waals surface area contributed by atoms with E-state index in [1.807, 2.05) is 0 Å². The van der Waals surface area contributed by atoms with E-state index in [0.29, 0.717) is 0 Å². The van der Waals surface area contributed by atoms with Gasteiger partial charge in [-0.05, 0) is 39.0 Å². The van der Waals surface area contributed by atoms with Gasteiger partial charge in [0.25, 0.3) is 0 Å². The minimum atomic E-state index is -4.21. The Morgan fingerprint density at radius 3 is 2.54 bits per heavy atom. The van der Waals surface area contributed by atoms with Gasteiger partial charge in [-0.25, -0.2) is 9.36 Å². The van der Waals surface area contributed by atoms with E-state index in [2.05, 4.69) is 10.1 Å². The topological polar surface area (TPSA) is 161 Å². The first-order chi connectivity index (χ1) is 16.5. The van der Waals surface area contributed by atoms with Crippen molar-refractivity contribution in [2.45, 2.75) is 57.5 Å². The lowest BCUT2D eigenvalue weighted by Gasteiger charge is -2.25. The number of para-hydroxylation sites is 1. The molecule has 192 valence electrons. The molecule has 1 aromatic carbocycles. The molecule has 1 saturated heterocycles. The van der Waals surface area contributed by atoms with Crippen molar-refractivity contribution in [3.8, 4) is 5.75 Å². The minimum absolute atomic E-state index is 0.189. The van der Waals surface area contributed by atoms with Crippen LogP contribution in [-0.2, 0) is 23.4 Å². The Kier molecular flexibility index (Phi) is 9.00. The van der Waals surface area contributed by atoms with Gasteiger partial charge in [0.2, 0.25) is 0 Å². The van der Waals surface area contributed by atoms with Gasteiger partial charge in [-0.15, -0.1) is 0 Å². The molecule has 2 unspecified atom stereocenters. The van der Waals surface area contributed by atoms with Crippen molar-refractivity contribution in [1.29, 1.82) is 0 Å². The zero-order valence-electron chi connectivity index (χ0n) is 19.3. The van der Waals surface area contributed by atoms with Crippen molar-refractivity contribution in [3.05, 3.63) is 57.7 Å². The smallest absolute Gasteiger partial charge is 0.459 e. The number of H-pyrrole nitrogens is 1. The summed E-state index contributed by atoms with van der Waals surface area (Å²) in [6, 6.07) is 8.49. The third kappa shape index (κ3) is 7.07. The lowest BCUT2D eigenvalue weighted by Crippen LogP contribution is -2.38. The van der Waals surface area contributed by atoms with Crippen LogP contribution in [0.5, 0.6) is 5.75 Å². The molecule has 14 heteroatoms. The molecule has 0 spiro atoms. The molecule has 0 bridgehead atoms. The highest BCUT2D eigenvalue weighted by molar-refractivity contribution is 7.71. The summed E-state index contributed by atoms with van der Waals surface area (Å²) in [6.45, 7) is 4.27.